The van der Waals surface area contributed by atoms with Crippen molar-refractivity contribution in [3.05, 3.63) is 44.9 Å². The fraction of sp³-hybridized carbons (Fsp3) is 0.375. The summed E-state index contributed by atoms with van der Waals surface area (Å²) in [5.41, 5.74) is 3.40. The Morgan fingerprint density at radius 3 is 2.70 bits per heavy atom. The molecule has 0 spiro atoms. The Bertz CT molecular complexity index is 640. The molecule has 2 rings (SSSR count). The normalized spacial score (nSPS) is 10.3. The Morgan fingerprint density at radius 1 is 1.30 bits per heavy atom. The summed E-state index contributed by atoms with van der Waals surface area (Å²) in [7, 11) is 0. The third-order valence-electron chi connectivity index (χ3n) is 3.24. The van der Waals surface area contributed by atoms with Gasteiger partial charge in [0.25, 0.3) is 0 Å². The molecule has 3 nitrogen and oxygen atoms in total. The van der Waals surface area contributed by atoms with Gasteiger partial charge in [-0.15, -0.1) is 11.3 Å². The molecule has 0 aliphatic rings. The van der Waals surface area contributed by atoms with Crippen molar-refractivity contribution in [2.24, 2.45) is 0 Å². The second-order valence-electron chi connectivity index (χ2n) is 4.69. The third kappa shape index (κ3) is 3.37. The van der Waals surface area contributed by atoms with E-state index in [-0.39, 0.29) is 0 Å². The standard InChI is InChI=1S/C16H18N2OS/c1-4-14-15(10-17)20-16(18-14)7-8-19-13-6-5-11(2)12(3)9-13/h5-6,9H,4,7-8H2,1-3H3. The Kier molecular flexibility index (Phi) is 4.75. The van der Waals surface area contributed by atoms with Crippen LogP contribution in [0.1, 0.15) is 33.6 Å². The first-order chi connectivity index (χ1) is 9.63. The van der Waals surface area contributed by atoms with Crippen LogP contribution in [0.4, 0.5) is 0 Å². The maximum absolute atomic E-state index is 9.01. The highest BCUT2D eigenvalue weighted by atomic mass is 32.1. The van der Waals surface area contributed by atoms with Crippen molar-refractivity contribution in [1.29, 1.82) is 5.26 Å². The average Bonchev–Trinajstić information content (AvgIpc) is 2.85. The number of nitriles is 1. The summed E-state index contributed by atoms with van der Waals surface area (Å²) in [5, 5.41) is 9.99. The summed E-state index contributed by atoms with van der Waals surface area (Å²) in [6, 6.07) is 8.31. The topological polar surface area (TPSA) is 45.9 Å². The summed E-state index contributed by atoms with van der Waals surface area (Å²) in [5.74, 6) is 0.890. The predicted molar refractivity (Wildman–Crippen MR) is 81.3 cm³/mol. The highest BCUT2D eigenvalue weighted by Crippen LogP contribution is 2.20. The van der Waals surface area contributed by atoms with Gasteiger partial charge in [0.05, 0.1) is 17.3 Å². The van der Waals surface area contributed by atoms with Crippen LogP contribution in [0.2, 0.25) is 0 Å². The van der Waals surface area contributed by atoms with Gasteiger partial charge in [0.2, 0.25) is 0 Å². The van der Waals surface area contributed by atoms with Crippen LogP contribution in [0.3, 0.4) is 0 Å². The van der Waals surface area contributed by atoms with Crippen LogP contribution in [0.5, 0.6) is 5.75 Å². The Morgan fingerprint density at radius 2 is 2.10 bits per heavy atom. The highest BCUT2D eigenvalue weighted by molar-refractivity contribution is 7.12. The zero-order chi connectivity index (χ0) is 14.5. The molecule has 0 unspecified atom stereocenters. The number of aryl methyl sites for hydroxylation is 3. The van der Waals surface area contributed by atoms with E-state index in [0.717, 1.165) is 34.2 Å². The highest BCUT2D eigenvalue weighted by Gasteiger charge is 2.09. The van der Waals surface area contributed by atoms with Gasteiger partial charge in [0.15, 0.2) is 0 Å². The van der Waals surface area contributed by atoms with Crippen molar-refractivity contribution in [1.82, 2.24) is 4.98 Å². The number of rotatable bonds is 5. The van der Waals surface area contributed by atoms with Crippen LogP contribution in [-0.2, 0) is 12.8 Å². The van der Waals surface area contributed by atoms with Crippen LogP contribution in [0.25, 0.3) is 0 Å². The monoisotopic (exact) mass is 286 g/mol. The molecule has 0 saturated heterocycles. The molecule has 20 heavy (non-hydrogen) atoms. The van der Waals surface area contributed by atoms with E-state index in [9.17, 15) is 0 Å². The molecule has 2 aromatic rings. The maximum atomic E-state index is 9.01. The first-order valence-electron chi connectivity index (χ1n) is 6.72. The van der Waals surface area contributed by atoms with Crippen LogP contribution in [-0.4, -0.2) is 11.6 Å². The minimum Gasteiger partial charge on any atom is -0.493 e. The van der Waals surface area contributed by atoms with Gasteiger partial charge >= 0.3 is 0 Å². The molecule has 0 aliphatic carbocycles. The Hall–Kier alpha value is -1.86. The molecule has 1 aromatic carbocycles. The quantitative estimate of drug-likeness (QED) is 0.839. The fourth-order valence-corrected chi connectivity index (χ4v) is 2.82. The van der Waals surface area contributed by atoms with Crippen molar-refractivity contribution in [3.63, 3.8) is 0 Å². The third-order valence-corrected chi connectivity index (χ3v) is 4.30. The summed E-state index contributed by atoms with van der Waals surface area (Å²) in [4.78, 5) is 5.21. The maximum Gasteiger partial charge on any atom is 0.128 e. The number of aromatic nitrogens is 1. The molecule has 0 bridgehead atoms. The van der Waals surface area contributed by atoms with Gasteiger partial charge in [0, 0.05) is 6.42 Å². The van der Waals surface area contributed by atoms with Gasteiger partial charge in [0.1, 0.15) is 16.7 Å². The van der Waals surface area contributed by atoms with Crippen molar-refractivity contribution in [2.45, 2.75) is 33.6 Å². The number of benzene rings is 1. The SMILES string of the molecule is CCc1nc(CCOc2ccc(C)c(C)c2)sc1C#N. The Labute approximate surface area is 123 Å². The van der Waals surface area contributed by atoms with E-state index in [1.165, 1.54) is 22.5 Å². The molecule has 1 aromatic heterocycles. The summed E-state index contributed by atoms with van der Waals surface area (Å²) in [6.45, 7) is 6.77. The number of hydrogen-bond acceptors (Lipinski definition) is 4. The van der Waals surface area contributed by atoms with E-state index in [1.807, 2.05) is 13.0 Å². The van der Waals surface area contributed by atoms with Gasteiger partial charge in [-0.1, -0.05) is 13.0 Å². The van der Waals surface area contributed by atoms with E-state index < -0.39 is 0 Å². The van der Waals surface area contributed by atoms with Gasteiger partial charge in [-0.05, 0) is 43.5 Å². The molecule has 0 saturated carbocycles. The minimum absolute atomic E-state index is 0.587. The molecular formula is C16H18N2OS. The van der Waals surface area contributed by atoms with E-state index in [2.05, 4.69) is 37.0 Å². The molecular weight excluding hydrogens is 268 g/mol. The lowest BCUT2D eigenvalue weighted by molar-refractivity contribution is 0.321. The lowest BCUT2D eigenvalue weighted by Crippen LogP contribution is -2.01. The van der Waals surface area contributed by atoms with Gasteiger partial charge in [-0.2, -0.15) is 5.26 Å². The van der Waals surface area contributed by atoms with Crippen LogP contribution in [0.15, 0.2) is 18.2 Å². The Balaban J connectivity index is 1.94. The smallest absolute Gasteiger partial charge is 0.128 e. The van der Waals surface area contributed by atoms with E-state index in [4.69, 9.17) is 10.00 Å². The summed E-state index contributed by atoms with van der Waals surface area (Å²) < 4.78 is 5.75. The van der Waals surface area contributed by atoms with Crippen LogP contribution < -0.4 is 4.74 Å². The number of nitrogens with zero attached hydrogens (tertiary/aromatic N) is 2. The number of ether oxygens (including phenoxy) is 1. The summed E-state index contributed by atoms with van der Waals surface area (Å²) >= 11 is 1.47. The zero-order valence-corrected chi connectivity index (χ0v) is 12.9. The minimum atomic E-state index is 0.587. The molecule has 1 heterocycles. The average molecular weight is 286 g/mol. The second-order valence-corrected chi connectivity index (χ2v) is 5.78. The number of thiazole rings is 1. The van der Waals surface area contributed by atoms with Crippen LogP contribution >= 0.6 is 11.3 Å². The number of hydrogen-bond donors (Lipinski definition) is 0. The van der Waals surface area contributed by atoms with Gasteiger partial charge in [-0.25, -0.2) is 4.98 Å². The van der Waals surface area contributed by atoms with Crippen molar-refractivity contribution < 1.29 is 4.74 Å². The molecule has 0 N–H and O–H groups in total. The molecule has 0 atom stereocenters. The molecule has 0 aliphatic heterocycles. The first-order valence-corrected chi connectivity index (χ1v) is 7.54. The zero-order valence-electron chi connectivity index (χ0n) is 12.1. The van der Waals surface area contributed by atoms with Crippen molar-refractivity contribution in [3.8, 4) is 11.8 Å². The molecule has 104 valence electrons. The molecule has 0 amide bonds. The van der Waals surface area contributed by atoms with Gasteiger partial charge in [-0.3, -0.25) is 0 Å². The van der Waals surface area contributed by atoms with E-state index in [0.29, 0.717) is 6.61 Å². The van der Waals surface area contributed by atoms with Gasteiger partial charge < -0.3 is 4.74 Å². The first kappa shape index (κ1) is 14.5. The molecule has 4 heteroatoms. The fourth-order valence-electron chi connectivity index (χ4n) is 1.89. The lowest BCUT2D eigenvalue weighted by atomic mass is 10.1. The summed E-state index contributed by atoms with van der Waals surface area (Å²) in [6.07, 6.45) is 1.55. The van der Waals surface area contributed by atoms with E-state index in [1.54, 1.807) is 0 Å². The van der Waals surface area contributed by atoms with Crippen molar-refractivity contribution in [2.75, 3.05) is 6.61 Å². The molecule has 0 fully saturated rings. The van der Waals surface area contributed by atoms with E-state index >= 15 is 0 Å². The predicted octanol–water partition coefficient (Wildman–Crippen LogP) is 3.82. The lowest BCUT2D eigenvalue weighted by Gasteiger charge is -2.07. The molecule has 0 radical (unpaired) electrons. The second kappa shape index (κ2) is 6.53. The van der Waals surface area contributed by atoms with Crippen LogP contribution in [0, 0.1) is 25.2 Å². The van der Waals surface area contributed by atoms with Crippen molar-refractivity contribution >= 4 is 11.3 Å². The largest absolute Gasteiger partial charge is 0.493 e.